The number of para-hydroxylation sites is 1. The number of carbonyl (C=O) groups excluding carboxylic acids is 6. The van der Waals surface area contributed by atoms with Crippen LogP contribution in [0.5, 0.6) is 5.75 Å². The molecule has 2 unspecified atom stereocenters. The fourth-order valence-electron chi connectivity index (χ4n) is 4.83. The summed E-state index contributed by atoms with van der Waals surface area (Å²) in [6.07, 6.45) is -1.64. The van der Waals surface area contributed by atoms with Crippen LogP contribution in [-0.2, 0) is 38.1 Å². The fourth-order valence-corrected chi connectivity index (χ4v) is 4.83. The third kappa shape index (κ3) is 12.3. The smallest absolute Gasteiger partial charge is 0.409 e. The fraction of sp³-hybridized carbons (Fsp3) is 0.559. The molecule has 2 heterocycles. The number of carbonyl (C=O) groups is 6. The van der Waals surface area contributed by atoms with Crippen molar-refractivity contribution >= 4 is 47.0 Å². The van der Waals surface area contributed by atoms with Crippen LogP contribution in [0.3, 0.4) is 0 Å². The molecule has 1 aromatic carbocycles. The third-order valence-electron chi connectivity index (χ3n) is 6.85. The molecule has 15 nitrogen and oxygen atoms in total. The van der Waals surface area contributed by atoms with Gasteiger partial charge in [0.15, 0.2) is 6.61 Å². The molecule has 0 spiro atoms. The molecule has 3 amide bonds. The second kappa shape index (κ2) is 17.0. The molecule has 3 rings (SSSR count). The number of fused-ring (bicyclic) bond motifs is 1. The van der Waals surface area contributed by atoms with Crippen LogP contribution in [0.15, 0.2) is 30.3 Å². The molecule has 2 atom stereocenters. The van der Waals surface area contributed by atoms with Crippen molar-refractivity contribution in [3.8, 4) is 5.75 Å². The number of piperazine rings is 1. The molecule has 0 saturated carbocycles. The van der Waals surface area contributed by atoms with E-state index in [2.05, 4.69) is 10.3 Å². The number of ether oxygens (including phenoxy) is 5. The lowest BCUT2D eigenvalue weighted by Crippen LogP contribution is -2.56. The zero-order valence-electron chi connectivity index (χ0n) is 29.1. The standard InChI is InChI=1S/C34H46N4O11/c1-8-45-32(44)38-15-13-37(14-16-38)31(43)26(17-22(19-39)46-20-28(40)48-33(2,3)4)36-30(42)25-18-27(23-11-9-10-12-24(23)35-25)47-21-29(41)49-34(5,6)7/h9-12,18-19,22,26H,8,13-17,20-21H2,1-7H3,(H,36,42). The van der Waals surface area contributed by atoms with E-state index < -0.39 is 66.4 Å². The largest absolute Gasteiger partial charge is 0.481 e. The zero-order valence-corrected chi connectivity index (χ0v) is 29.1. The highest BCUT2D eigenvalue weighted by Crippen LogP contribution is 2.26. The van der Waals surface area contributed by atoms with Gasteiger partial charge in [-0.25, -0.2) is 19.4 Å². The van der Waals surface area contributed by atoms with E-state index in [0.29, 0.717) is 17.2 Å². The van der Waals surface area contributed by atoms with Crippen molar-refractivity contribution in [1.82, 2.24) is 20.1 Å². The van der Waals surface area contributed by atoms with Gasteiger partial charge in [-0.2, -0.15) is 0 Å². The summed E-state index contributed by atoms with van der Waals surface area (Å²) in [5.74, 6) is -2.44. The van der Waals surface area contributed by atoms with Crippen LogP contribution >= 0.6 is 0 Å². The predicted molar refractivity (Wildman–Crippen MR) is 176 cm³/mol. The Morgan fingerprint density at radius 3 is 2.08 bits per heavy atom. The molecule has 1 aliphatic rings. The number of benzene rings is 1. The average Bonchev–Trinajstić information content (AvgIpc) is 3.03. The van der Waals surface area contributed by atoms with Crippen LogP contribution in [0.25, 0.3) is 10.9 Å². The molecule has 0 bridgehead atoms. The van der Waals surface area contributed by atoms with E-state index in [9.17, 15) is 28.8 Å². The van der Waals surface area contributed by atoms with Gasteiger partial charge in [-0.1, -0.05) is 12.1 Å². The molecule has 0 aliphatic carbocycles. The van der Waals surface area contributed by atoms with Crippen LogP contribution in [0.2, 0.25) is 0 Å². The Morgan fingerprint density at radius 1 is 0.898 bits per heavy atom. The number of rotatable bonds is 13. The first-order chi connectivity index (χ1) is 23.0. The van der Waals surface area contributed by atoms with Gasteiger partial charge in [0, 0.05) is 44.1 Å². The number of amides is 3. The Hall–Kier alpha value is -4.79. The third-order valence-corrected chi connectivity index (χ3v) is 6.85. The molecule has 268 valence electrons. The number of aromatic nitrogens is 1. The minimum absolute atomic E-state index is 0.125. The number of nitrogens with one attached hydrogen (secondary N) is 1. The Kier molecular flexibility index (Phi) is 13.4. The van der Waals surface area contributed by atoms with Crippen LogP contribution in [0.1, 0.15) is 65.4 Å². The van der Waals surface area contributed by atoms with Gasteiger partial charge in [-0.3, -0.25) is 9.59 Å². The Bertz CT molecular complexity index is 1510. The lowest BCUT2D eigenvalue weighted by molar-refractivity contribution is -0.162. The van der Waals surface area contributed by atoms with Gasteiger partial charge in [0.2, 0.25) is 5.91 Å². The normalized spacial score (nSPS) is 14.8. The maximum absolute atomic E-state index is 13.8. The van der Waals surface area contributed by atoms with Crippen LogP contribution in [0, 0.1) is 0 Å². The van der Waals surface area contributed by atoms with E-state index in [-0.39, 0.29) is 50.7 Å². The van der Waals surface area contributed by atoms with Crippen molar-refractivity contribution in [1.29, 1.82) is 0 Å². The first-order valence-corrected chi connectivity index (χ1v) is 16.0. The second-order valence-electron chi connectivity index (χ2n) is 13.2. The molecule has 1 fully saturated rings. The summed E-state index contributed by atoms with van der Waals surface area (Å²) in [6, 6.07) is 6.89. The Morgan fingerprint density at radius 2 is 1.49 bits per heavy atom. The lowest BCUT2D eigenvalue weighted by atomic mass is 10.1. The van der Waals surface area contributed by atoms with Gasteiger partial charge in [-0.15, -0.1) is 0 Å². The molecule has 1 saturated heterocycles. The van der Waals surface area contributed by atoms with Crippen molar-refractivity contribution < 1.29 is 52.5 Å². The number of hydrogen-bond acceptors (Lipinski definition) is 12. The minimum Gasteiger partial charge on any atom is -0.481 e. The molecule has 15 heteroatoms. The van der Waals surface area contributed by atoms with Crippen molar-refractivity contribution in [2.75, 3.05) is 46.0 Å². The topological polar surface area (TPSA) is 180 Å². The van der Waals surface area contributed by atoms with Gasteiger partial charge in [-0.05, 0) is 60.6 Å². The molecule has 49 heavy (non-hydrogen) atoms. The number of pyridine rings is 1. The van der Waals surface area contributed by atoms with Gasteiger partial charge < -0.3 is 43.6 Å². The summed E-state index contributed by atoms with van der Waals surface area (Å²) in [7, 11) is 0. The summed E-state index contributed by atoms with van der Waals surface area (Å²) in [4.78, 5) is 83.7. The van der Waals surface area contributed by atoms with E-state index in [4.69, 9.17) is 23.7 Å². The van der Waals surface area contributed by atoms with Gasteiger partial charge in [0.25, 0.3) is 5.91 Å². The second-order valence-corrected chi connectivity index (χ2v) is 13.2. The summed E-state index contributed by atoms with van der Waals surface area (Å²) >= 11 is 0. The molecule has 1 aromatic heterocycles. The predicted octanol–water partition coefficient (Wildman–Crippen LogP) is 2.67. The van der Waals surface area contributed by atoms with Gasteiger partial charge in [0.1, 0.15) is 47.7 Å². The Labute approximate surface area is 285 Å². The van der Waals surface area contributed by atoms with Gasteiger partial charge >= 0.3 is 18.0 Å². The quantitative estimate of drug-likeness (QED) is 0.185. The number of nitrogens with zero attached hydrogens (tertiary/aromatic N) is 3. The van der Waals surface area contributed by atoms with E-state index in [1.807, 2.05) is 0 Å². The maximum atomic E-state index is 13.8. The summed E-state index contributed by atoms with van der Waals surface area (Å²) in [6.45, 7) is 11.8. The highest BCUT2D eigenvalue weighted by Gasteiger charge is 2.33. The van der Waals surface area contributed by atoms with Gasteiger partial charge in [0.05, 0.1) is 12.1 Å². The molecule has 0 radical (unpaired) electrons. The van der Waals surface area contributed by atoms with Crippen molar-refractivity contribution in [3.63, 3.8) is 0 Å². The van der Waals surface area contributed by atoms with Crippen LogP contribution in [-0.4, -0.2) is 120 Å². The average molecular weight is 687 g/mol. The lowest BCUT2D eigenvalue weighted by Gasteiger charge is -2.36. The molecule has 1 aliphatic heterocycles. The molecular formula is C34H46N4O11. The highest BCUT2D eigenvalue weighted by atomic mass is 16.6. The van der Waals surface area contributed by atoms with E-state index in [0.717, 1.165) is 0 Å². The summed E-state index contributed by atoms with van der Waals surface area (Å²) < 4.78 is 26.9. The van der Waals surface area contributed by atoms with E-state index in [1.54, 1.807) is 72.7 Å². The number of hydrogen-bond donors (Lipinski definition) is 1. The highest BCUT2D eigenvalue weighted by molar-refractivity contribution is 5.99. The first-order valence-electron chi connectivity index (χ1n) is 16.0. The van der Waals surface area contributed by atoms with E-state index in [1.165, 1.54) is 15.9 Å². The van der Waals surface area contributed by atoms with Crippen LogP contribution in [0.4, 0.5) is 4.79 Å². The molecular weight excluding hydrogens is 640 g/mol. The minimum atomic E-state index is -1.30. The monoisotopic (exact) mass is 686 g/mol. The summed E-state index contributed by atoms with van der Waals surface area (Å²) in [5, 5.41) is 3.20. The number of aldehydes is 1. The Balaban J connectivity index is 1.84. The van der Waals surface area contributed by atoms with Crippen molar-refractivity contribution in [3.05, 3.63) is 36.0 Å². The van der Waals surface area contributed by atoms with Crippen molar-refractivity contribution in [2.24, 2.45) is 0 Å². The molecule has 1 N–H and O–H groups in total. The summed E-state index contributed by atoms with van der Waals surface area (Å²) in [5.41, 5.74) is -1.24. The van der Waals surface area contributed by atoms with Crippen LogP contribution < -0.4 is 10.1 Å². The molecule has 2 aromatic rings. The zero-order chi connectivity index (χ0) is 36.4. The van der Waals surface area contributed by atoms with Crippen molar-refractivity contribution in [2.45, 2.75) is 78.2 Å². The maximum Gasteiger partial charge on any atom is 0.409 e. The first kappa shape index (κ1) is 38.7. The number of esters is 2. The van der Waals surface area contributed by atoms with E-state index >= 15 is 0 Å². The SMILES string of the molecule is CCOC(=O)N1CCN(C(=O)C(CC(C=O)OCC(=O)OC(C)(C)C)NC(=O)c2cc(OCC(=O)OC(C)(C)C)c3ccccc3n2)CC1.